The monoisotopic (exact) mass is 645 g/mol. The minimum Gasteiger partial charge on any atom is -0.293 e. The van der Waals surface area contributed by atoms with Crippen molar-refractivity contribution in [3.63, 3.8) is 0 Å². The third kappa shape index (κ3) is 4.90. The molecule has 8 rings (SSSR count). The number of benzene rings is 5. The van der Waals surface area contributed by atoms with Crippen molar-refractivity contribution in [3.05, 3.63) is 146 Å². The Bertz CT molecular complexity index is 2620. The van der Waals surface area contributed by atoms with Gasteiger partial charge in [0.05, 0.1) is 11.6 Å². The summed E-state index contributed by atoms with van der Waals surface area (Å²) in [5, 5.41) is 0.530. The number of hydrogen-bond donors (Lipinski definition) is 0. The number of nitrogens with zero attached hydrogens (tertiary/aromatic N) is 5. The van der Waals surface area contributed by atoms with Crippen molar-refractivity contribution < 1.29 is 9.59 Å². The SMILES string of the molecule is CC.Cc1c(/N=C2/C(=O)c3ccccc3C(=O)C2C)n(-c2ccccc2)c2nc3c(=O)c4ccccc4c(=O)c3nc2n1-c1ccccc1. The Kier molecular flexibility index (Phi) is 7.88. The molecule has 0 saturated carbocycles. The molecule has 1 aliphatic carbocycles. The van der Waals surface area contributed by atoms with E-state index >= 15 is 0 Å². The van der Waals surface area contributed by atoms with Crippen LogP contribution in [-0.2, 0) is 0 Å². The molecule has 7 aromatic rings. The lowest BCUT2D eigenvalue weighted by molar-refractivity contribution is 0.0927. The molecule has 0 spiro atoms. The predicted molar refractivity (Wildman–Crippen MR) is 193 cm³/mol. The van der Waals surface area contributed by atoms with E-state index < -0.39 is 16.8 Å². The zero-order chi connectivity index (χ0) is 34.4. The number of Topliss-reactive ketones (excluding diaryl/α,β-unsaturated/α-hetero) is 2. The van der Waals surface area contributed by atoms with Crippen LogP contribution in [0.3, 0.4) is 0 Å². The quantitative estimate of drug-likeness (QED) is 0.185. The summed E-state index contributed by atoms with van der Waals surface area (Å²) in [6.07, 6.45) is 0. The van der Waals surface area contributed by atoms with Crippen molar-refractivity contribution in [1.29, 1.82) is 0 Å². The second-order valence-corrected chi connectivity index (χ2v) is 11.5. The number of rotatable bonds is 3. The highest BCUT2D eigenvalue weighted by molar-refractivity contribution is 6.54. The Morgan fingerprint density at radius 3 is 1.59 bits per heavy atom. The van der Waals surface area contributed by atoms with Gasteiger partial charge in [0.1, 0.15) is 16.7 Å². The molecule has 0 N–H and O–H groups in total. The van der Waals surface area contributed by atoms with Crippen molar-refractivity contribution in [2.45, 2.75) is 27.7 Å². The maximum absolute atomic E-state index is 13.9. The van der Waals surface area contributed by atoms with E-state index in [-0.39, 0.29) is 44.7 Å². The zero-order valence-corrected chi connectivity index (χ0v) is 27.3. The van der Waals surface area contributed by atoms with Gasteiger partial charge < -0.3 is 0 Å². The number of para-hydroxylation sites is 2. The lowest BCUT2D eigenvalue weighted by Gasteiger charge is -2.25. The first-order valence-electron chi connectivity index (χ1n) is 16.1. The number of ketones is 2. The normalized spacial score (nSPS) is 15.0. The smallest absolute Gasteiger partial charge is 0.214 e. The number of aromatic nitrogens is 4. The molecule has 0 bridgehead atoms. The van der Waals surface area contributed by atoms with Gasteiger partial charge in [0.15, 0.2) is 22.9 Å². The molecule has 1 atom stereocenters. The standard InChI is InChI=1S/C38H25N5O4.C2H6/c1-21-29(33(45)26-18-10-9-17-25(26)32(21)44)39-36-22(2)42(23-13-5-3-6-14-23)37-38(43(36)24-15-7-4-8-16-24)41-31-30(40-37)34(46)27-19-11-12-20-28(27)35(31)47;1-2/h3-21H,1-2H3;1-2H3/b39-29+;. The van der Waals surface area contributed by atoms with Crippen LogP contribution < -0.4 is 10.9 Å². The molecule has 5 aromatic carbocycles. The van der Waals surface area contributed by atoms with Gasteiger partial charge in [-0.25, -0.2) is 15.0 Å². The molecule has 0 aliphatic heterocycles. The van der Waals surface area contributed by atoms with Crippen LogP contribution >= 0.6 is 0 Å². The fourth-order valence-electron chi connectivity index (χ4n) is 6.38. The number of hydrogen-bond acceptors (Lipinski definition) is 7. The molecule has 2 heterocycles. The van der Waals surface area contributed by atoms with Gasteiger partial charge in [-0.05, 0) is 38.1 Å². The molecular formula is C40H31N5O4. The molecule has 9 nitrogen and oxygen atoms in total. The van der Waals surface area contributed by atoms with Crippen LogP contribution in [0.2, 0.25) is 0 Å². The van der Waals surface area contributed by atoms with E-state index in [0.29, 0.717) is 39.7 Å². The number of carbonyl (C=O) groups excluding carboxylic acids is 2. The average molecular weight is 646 g/mol. The highest BCUT2D eigenvalue weighted by Crippen LogP contribution is 2.34. The predicted octanol–water partition coefficient (Wildman–Crippen LogP) is 7.36. The van der Waals surface area contributed by atoms with Gasteiger partial charge in [-0.2, -0.15) is 0 Å². The van der Waals surface area contributed by atoms with E-state index in [1.54, 1.807) is 60.0 Å². The molecule has 1 aliphatic rings. The summed E-state index contributed by atoms with van der Waals surface area (Å²) < 4.78 is 3.54. The third-order valence-electron chi connectivity index (χ3n) is 8.73. The van der Waals surface area contributed by atoms with Crippen molar-refractivity contribution in [3.8, 4) is 11.4 Å². The molecule has 1 unspecified atom stereocenters. The lowest BCUT2D eigenvalue weighted by atomic mass is 9.81. The van der Waals surface area contributed by atoms with Crippen molar-refractivity contribution in [2.24, 2.45) is 10.9 Å². The first-order chi connectivity index (χ1) is 23.8. The first kappa shape index (κ1) is 31.3. The topological polar surface area (TPSA) is 116 Å². The van der Waals surface area contributed by atoms with Gasteiger partial charge in [-0.15, -0.1) is 0 Å². The molecule has 240 valence electrons. The van der Waals surface area contributed by atoms with E-state index in [1.807, 2.05) is 86.0 Å². The van der Waals surface area contributed by atoms with Crippen LogP contribution in [0.15, 0.2) is 124 Å². The van der Waals surface area contributed by atoms with Crippen LogP contribution in [0.1, 0.15) is 47.2 Å². The van der Waals surface area contributed by atoms with E-state index in [1.165, 1.54) is 0 Å². The highest BCUT2D eigenvalue weighted by atomic mass is 16.1. The van der Waals surface area contributed by atoms with E-state index in [9.17, 15) is 19.2 Å². The molecule has 0 saturated heterocycles. The van der Waals surface area contributed by atoms with Gasteiger partial charge in [0.2, 0.25) is 16.6 Å². The Balaban J connectivity index is 0.00000186. The van der Waals surface area contributed by atoms with Gasteiger partial charge >= 0.3 is 0 Å². The van der Waals surface area contributed by atoms with Crippen molar-refractivity contribution in [1.82, 2.24) is 19.1 Å². The van der Waals surface area contributed by atoms with Gasteiger partial charge in [0.25, 0.3) is 0 Å². The summed E-state index contributed by atoms with van der Waals surface area (Å²) in [5.41, 5.74) is 2.29. The summed E-state index contributed by atoms with van der Waals surface area (Å²) in [6, 6.07) is 32.1. The Morgan fingerprint density at radius 2 is 1.04 bits per heavy atom. The van der Waals surface area contributed by atoms with Gasteiger partial charge in [0, 0.05) is 33.3 Å². The van der Waals surface area contributed by atoms with E-state index in [0.717, 1.165) is 0 Å². The molecule has 0 radical (unpaired) electrons. The maximum Gasteiger partial charge on any atom is 0.214 e. The van der Waals surface area contributed by atoms with Gasteiger partial charge in [-0.1, -0.05) is 98.8 Å². The minimum atomic E-state index is -0.813. The van der Waals surface area contributed by atoms with Crippen LogP contribution in [0.25, 0.3) is 44.5 Å². The largest absolute Gasteiger partial charge is 0.293 e. The summed E-state index contributed by atoms with van der Waals surface area (Å²) in [4.78, 5) is 69.8. The zero-order valence-electron chi connectivity index (χ0n) is 27.3. The van der Waals surface area contributed by atoms with Crippen LogP contribution in [-0.4, -0.2) is 36.4 Å². The molecule has 9 heteroatoms. The van der Waals surface area contributed by atoms with Gasteiger partial charge in [-0.3, -0.25) is 28.3 Å². The summed E-state index contributed by atoms with van der Waals surface area (Å²) in [6.45, 7) is 7.52. The summed E-state index contributed by atoms with van der Waals surface area (Å²) in [5.74, 6) is -1.03. The van der Waals surface area contributed by atoms with Crippen molar-refractivity contribution in [2.75, 3.05) is 0 Å². The van der Waals surface area contributed by atoms with E-state index in [2.05, 4.69) is 0 Å². The van der Waals surface area contributed by atoms with Crippen LogP contribution in [0.5, 0.6) is 0 Å². The number of carbonyl (C=O) groups is 2. The Morgan fingerprint density at radius 1 is 0.592 bits per heavy atom. The molecule has 0 fully saturated rings. The Labute approximate surface area is 280 Å². The number of fused-ring (bicyclic) bond motifs is 4. The van der Waals surface area contributed by atoms with Crippen LogP contribution in [0.4, 0.5) is 5.82 Å². The van der Waals surface area contributed by atoms with E-state index in [4.69, 9.17) is 15.0 Å². The molecular weight excluding hydrogens is 614 g/mol. The second-order valence-electron chi connectivity index (χ2n) is 11.5. The summed E-state index contributed by atoms with van der Waals surface area (Å²) >= 11 is 0. The van der Waals surface area contributed by atoms with Crippen LogP contribution in [0, 0.1) is 12.8 Å². The molecule has 2 aromatic heterocycles. The fourth-order valence-corrected chi connectivity index (χ4v) is 6.38. The fraction of sp³-hybridized carbons (Fsp3) is 0.125. The third-order valence-corrected chi connectivity index (χ3v) is 8.73. The molecule has 0 amide bonds. The lowest BCUT2D eigenvalue weighted by Crippen LogP contribution is -2.35. The van der Waals surface area contributed by atoms with Crippen molar-refractivity contribution >= 4 is 56.2 Å². The average Bonchev–Trinajstić information content (AvgIpc) is 3.15. The number of aliphatic imine (C=N–C) groups is 1. The second kappa shape index (κ2) is 12.4. The highest BCUT2D eigenvalue weighted by Gasteiger charge is 2.36. The Hall–Kier alpha value is -6.35. The maximum atomic E-state index is 13.9. The summed E-state index contributed by atoms with van der Waals surface area (Å²) in [7, 11) is 0. The molecule has 49 heavy (non-hydrogen) atoms. The minimum absolute atomic E-state index is 0.0396. The first-order valence-corrected chi connectivity index (χ1v) is 16.1.